The van der Waals surface area contributed by atoms with E-state index in [2.05, 4.69) is 45.0 Å². The van der Waals surface area contributed by atoms with Crippen molar-refractivity contribution in [2.75, 3.05) is 18.0 Å². The Balaban J connectivity index is 1.68. The van der Waals surface area contributed by atoms with Crippen LogP contribution in [0.3, 0.4) is 0 Å². The van der Waals surface area contributed by atoms with Crippen molar-refractivity contribution in [3.8, 4) is 0 Å². The quantitative estimate of drug-likeness (QED) is 0.868. The number of hydrogen-bond donors (Lipinski definition) is 0. The van der Waals surface area contributed by atoms with E-state index in [4.69, 9.17) is 0 Å². The summed E-state index contributed by atoms with van der Waals surface area (Å²) in [6.07, 6.45) is 5.40. The van der Waals surface area contributed by atoms with Crippen LogP contribution in [0.2, 0.25) is 0 Å². The third-order valence-electron chi connectivity index (χ3n) is 4.05. The first-order chi connectivity index (χ1) is 10.2. The Hall–Kier alpha value is -1.97. The minimum absolute atomic E-state index is 0.656. The Kier molecular flexibility index (Phi) is 4.13. The van der Waals surface area contributed by atoms with Crippen LogP contribution >= 0.6 is 0 Å². The Morgan fingerprint density at radius 3 is 2.90 bits per heavy atom. The molecule has 0 aliphatic carbocycles. The van der Waals surface area contributed by atoms with Gasteiger partial charge in [0.2, 0.25) is 0 Å². The van der Waals surface area contributed by atoms with Crippen molar-refractivity contribution in [1.82, 2.24) is 15.0 Å². The fourth-order valence-corrected chi connectivity index (χ4v) is 3.07. The molecule has 1 aliphatic rings. The maximum Gasteiger partial charge on any atom is 0.132 e. The minimum Gasteiger partial charge on any atom is -0.356 e. The zero-order chi connectivity index (χ0) is 14.7. The van der Waals surface area contributed by atoms with Gasteiger partial charge in [-0.3, -0.25) is 4.98 Å². The lowest BCUT2D eigenvalue weighted by molar-refractivity contribution is 0.408. The number of pyridine rings is 1. The summed E-state index contributed by atoms with van der Waals surface area (Å²) in [5.74, 6) is 2.56. The van der Waals surface area contributed by atoms with Crippen LogP contribution in [0.4, 0.5) is 5.82 Å². The molecule has 110 valence electrons. The second-order valence-electron chi connectivity index (χ2n) is 5.89. The molecule has 1 atom stereocenters. The van der Waals surface area contributed by atoms with Gasteiger partial charge in [-0.15, -0.1) is 0 Å². The first-order valence-corrected chi connectivity index (χ1v) is 7.68. The highest BCUT2D eigenvalue weighted by Crippen LogP contribution is 2.23. The Morgan fingerprint density at radius 2 is 2.10 bits per heavy atom. The maximum atomic E-state index is 4.64. The van der Waals surface area contributed by atoms with Crippen LogP contribution < -0.4 is 4.90 Å². The van der Waals surface area contributed by atoms with E-state index in [1.54, 1.807) is 0 Å². The van der Waals surface area contributed by atoms with Gasteiger partial charge < -0.3 is 4.90 Å². The van der Waals surface area contributed by atoms with Crippen LogP contribution in [0.15, 0.2) is 30.5 Å². The van der Waals surface area contributed by atoms with E-state index in [9.17, 15) is 0 Å². The predicted molar refractivity (Wildman–Crippen MR) is 84.4 cm³/mol. The average molecular weight is 282 g/mol. The molecule has 0 spiro atoms. The topological polar surface area (TPSA) is 41.9 Å². The molecule has 0 radical (unpaired) electrons. The van der Waals surface area contributed by atoms with Gasteiger partial charge >= 0.3 is 0 Å². The molecule has 21 heavy (non-hydrogen) atoms. The molecule has 0 saturated carbocycles. The van der Waals surface area contributed by atoms with Crippen LogP contribution in [0.1, 0.15) is 30.1 Å². The maximum absolute atomic E-state index is 4.64. The molecule has 4 heteroatoms. The molecule has 0 amide bonds. The summed E-state index contributed by atoms with van der Waals surface area (Å²) in [6.45, 7) is 6.15. The van der Waals surface area contributed by atoms with Gasteiger partial charge in [-0.1, -0.05) is 6.07 Å². The first kappa shape index (κ1) is 14.0. The highest BCUT2D eigenvalue weighted by Gasteiger charge is 2.21. The SMILES string of the molecule is Cc1cccc(CC2CCCN(c3ccnc(C)n3)C2)n1. The smallest absolute Gasteiger partial charge is 0.132 e. The van der Waals surface area contributed by atoms with Crippen molar-refractivity contribution < 1.29 is 0 Å². The molecule has 1 aliphatic heterocycles. The van der Waals surface area contributed by atoms with E-state index >= 15 is 0 Å². The molecule has 2 aromatic rings. The van der Waals surface area contributed by atoms with E-state index < -0.39 is 0 Å². The Labute approximate surface area is 126 Å². The zero-order valence-corrected chi connectivity index (χ0v) is 12.8. The number of anilines is 1. The largest absolute Gasteiger partial charge is 0.356 e. The van der Waals surface area contributed by atoms with Crippen molar-refractivity contribution in [3.05, 3.63) is 47.7 Å². The van der Waals surface area contributed by atoms with Crippen LogP contribution in [0.5, 0.6) is 0 Å². The van der Waals surface area contributed by atoms with Gasteiger partial charge in [-0.2, -0.15) is 0 Å². The lowest BCUT2D eigenvalue weighted by Gasteiger charge is -2.33. The molecule has 4 nitrogen and oxygen atoms in total. The van der Waals surface area contributed by atoms with E-state index in [-0.39, 0.29) is 0 Å². The van der Waals surface area contributed by atoms with E-state index in [0.29, 0.717) is 5.92 Å². The average Bonchev–Trinajstić information content (AvgIpc) is 2.47. The fraction of sp³-hybridized carbons (Fsp3) is 0.471. The minimum atomic E-state index is 0.656. The molecule has 0 bridgehead atoms. The van der Waals surface area contributed by atoms with Crippen molar-refractivity contribution in [2.24, 2.45) is 5.92 Å². The first-order valence-electron chi connectivity index (χ1n) is 7.68. The number of rotatable bonds is 3. The predicted octanol–water partition coefficient (Wildman–Crippen LogP) is 2.95. The summed E-state index contributed by atoms with van der Waals surface area (Å²) < 4.78 is 0. The zero-order valence-electron chi connectivity index (χ0n) is 12.8. The van der Waals surface area contributed by atoms with E-state index in [1.165, 1.54) is 18.5 Å². The number of hydrogen-bond acceptors (Lipinski definition) is 4. The summed E-state index contributed by atoms with van der Waals surface area (Å²) in [4.78, 5) is 15.8. The molecule has 0 aromatic carbocycles. The second-order valence-corrected chi connectivity index (χ2v) is 5.89. The number of aryl methyl sites for hydroxylation is 2. The standard InChI is InChI=1S/C17H22N4/c1-13-5-3-7-16(19-13)11-15-6-4-10-21(12-15)17-8-9-18-14(2)20-17/h3,5,7-9,15H,4,6,10-12H2,1-2H3. The normalized spacial score (nSPS) is 18.8. The van der Waals surface area contributed by atoms with Gasteiger partial charge in [0, 0.05) is 30.7 Å². The Bertz CT molecular complexity index is 611. The number of aromatic nitrogens is 3. The molecule has 0 N–H and O–H groups in total. The monoisotopic (exact) mass is 282 g/mol. The van der Waals surface area contributed by atoms with Gasteiger partial charge in [0.15, 0.2) is 0 Å². The fourth-order valence-electron chi connectivity index (χ4n) is 3.07. The van der Waals surface area contributed by atoms with Crippen LogP contribution in [0, 0.1) is 19.8 Å². The third kappa shape index (κ3) is 3.57. The lowest BCUT2D eigenvalue weighted by Crippen LogP contribution is -2.37. The Morgan fingerprint density at radius 1 is 1.19 bits per heavy atom. The number of nitrogens with zero attached hydrogens (tertiary/aromatic N) is 4. The van der Waals surface area contributed by atoms with Crippen molar-refractivity contribution in [1.29, 1.82) is 0 Å². The van der Waals surface area contributed by atoms with Gasteiger partial charge in [0.25, 0.3) is 0 Å². The summed E-state index contributed by atoms with van der Waals surface area (Å²) in [5.41, 5.74) is 2.31. The second kappa shape index (κ2) is 6.20. The van der Waals surface area contributed by atoms with Crippen LogP contribution in [0.25, 0.3) is 0 Å². The number of piperidine rings is 1. The van der Waals surface area contributed by atoms with Crippen molar-refractivity contribution >= 4 is 5.82 Å². The summed E-state index contributed by atoms with van der Waals surface area (Å²) >= 11 is 0. The summed E-state index contributed by atoms with van der Waals surface area (Å²) in [6, 6.07) is 8.31. The lowest BCUT2D eigenvalue weighted by atomic mass is 9.93. The van der Waals surface area contributed by atoms with Gasteiger partial charge in [-0.05, 0) is 57.2 Å². The highest BCUT2D eigenvalue weighted by atomic mass is 15.2. The molecule has 1 saturated heterocycles. The molecule has 2 aromatic heterocycles. The van der Waals surface area contributed by atoms with Crippen molar-refractivity contribution in [3.63, 3.8) is 0 Å². The molecular weight excluding hydrogens is 260 g/mol. The van der Waals surface area contributed by atoms with Gasteiger partial charge in [0.1, 0.15) is 11.6 Å². The van der Waals surface area contributed by atoms with E-state index in [0.717, 1.165) is 36.8 Å². The molecule has 1 fully saturated rings. The summed E-state index contributed by atoms with van der Waals surface area (Å²) in [7, 11) is 0. The summed E-state index contributed by atoms with van der Waals surface area (Å²) in [5, 5.41) is 0. The third-order valence-corrected chi connectivity index (χ3v) is 4.05. The molecular formula is C17H22N4. The molecule has 3 rings (SSSR count). The van der Waals surface area contributed by atoms with Gasteiger partial charge in [-0.25, -0.2) is 9.97 Å². The van der Waals surface area contributed by atoms with Crippen molar-refractivity contribution in [2.45, 2.75) is 33.1 Å². The highest BCUT2D eigenvalue weighted by molar-refractivity contribution is 5.38. The van der Waals surface area contributed by atoms with Gasteiger partial charge in [0.05, 0.1) is 0 Å². The molecule has 1 unspecified atom stereocenters. The molecule has 3 heterocycles. The van der Waals surface area contributed by atoms with Crippen LogP contribution in [-0.4, -0.2) is 28.0 Å². The van der Waals surface area contributed by atoms with Crippen LogP contribution in [-0.2, 0) is 6.42 Å². The van der Waals surface area contributed by atoms with E-state index in [1.807, 2.05) is 19.2 Å².